The van der Waals surface area contributed by atoms with Crippen LogP contribution in [-0.2, 0) is 19.6 Å². The highest BCUT2D eigenvalue weighted by atomic mass is 16.1. The molecule has 0 N–H and O–H groups in total. The molecule has 0 saturated carbocycles. The number of ketones is 1. The van der Waals surface area contributed by atoms with E-state index in [0.29, 0.717) is 6.42 Å². The predicted octanol–water partition coefficient (Wildman–Crippen LogP) is 3.59. The van der Waals surface area contributed by atoms with E-state index in [0.717, 1.165) is 37.0 Å². The molecule has 0 aliphatic carbocycles. The molecular formula is C17H22N2O. The van der Waals surface area contributed by atoms with Crippen molar-refractivity contribution in [2.75, 3.05) is 7.05 Å². The monoisotopic (exact) mass is 270 g/mol. The summed E-state index contributed by atoms with van der Waals surface area (Å²) in [5, 5.41) is 1.14. The molecule has 106 valence electrons. The van der Waals surface area contributed by atoms with Gasteiger partial charge in [0.05, 0.1) is 0 Å². The zero-order valence-corrected chi connectivity index (χ0v) is 12.6. The van der Waals surface area contributed by atoms with Gasteiger partial charge in [-0.3, -0.25) is 9.69 Å². The molecule has 1 aliphatic rings. The van der Waals surface area contributed by atoms with Crippen LogP contribution in [0.15, 0.2) is 18.3 Å². The van der Waals surface area contributed by atoms with Crippen LogP contribution in [0.3, 0.4) is 0 Å². The van der Waals surface area contributed by atoms with Gasteiger partial charge in [-0.2, -0.15) is 0 Å². The number of rotatable bonds is 4. The quantitative estimate of drug-likeness (QED) is 0.793. The average Bonchev–Trinajstić information content (AvgIpc) is 2.95. The van der Waals surface area contributed by atoms with E-state index in [1.165, 1.54) is 16.6 Å². The van der Waals surface area contributed by atoms with E-state index >= 15 is 0 Å². The number of Topliss-reactive ketones (excluding diaryl/α,β-unsaturated/α-hetero) is 1. The third-order valence-electron chi connectivity index (χ3n) is 4.20. The van der Waals surface area contributed by atoms with E-state index in [1.54, 1.807) is 0 Å². The maximum Gasteiger partial charge on any atom is 0.165 e. The van der Waals surface area contributed by atoms with Crippen molar-refractivity contribution >= 4 is 16.7 Å². The molecule has 2 aromatic rings. The second-order valence-corrected chi connectivity index (χ2v) is 5.81. The van der Waals surface area contributed by atoms with Gasteiger partial charge in [-0.1, -0.05) is 6.92 Å². The van der Waals surface area contributed by atoms with E-state index in [2.05, 4.69) is 42.5 Å². The number of fused-ring (bicyclic) bond motifs is 2. The molecule has 3 rings (SSSR count). The zero-order valence-electron chi connectivity index (χ0n) is 12.6. The Balaban J connectivity index is 2.17. The maximum atomic E-state index is 12.3. The lowest BCUT2D eigenvalue weighted by atomic mass is 10.0. The van der Waals surface area contributed by atoms with Crippen LogP contribution in [-0.4, -0.2) is 22.3 Å². The molecule has 0 saturated heterocycles. The molecule has 20 heavy (non-hydrogen) atoms. The third-order valence-corrected chi connectivity index (χ3v) is 4.20. The Morgan fingerprint density at radius 2 is 1.90 bits per heavy atom. The van der Waals surface area contributed by atoms with Crippen molar-refractivity contribution in [3.63, 3.8) is 0 Å². The van der Waals surface area contributed by atoms with Crippen molar-refractivity contribution in [3.05, 3.63) is 35.0 Å². The summed E-state index contributed by atoms with van der Waals surface area (Å²) in [7, 11) is 2.14. The lowest BCUT2D eigenvalue weighted by Gasteiger charge is -2.03. The highest BCUT2D eigenvalue weighted by molar-refractivity contribution is 6.08. The summed E-state index contributed by atoms with van der Waals surface area (Å²) in [4.78, 5) is 14.6. The van der Waals surface area contributed by atoms with Crippen molar-refractivity contribution < 1.29 is 4.79 Å². The lowest BCUT2D eigenvalue weighted by Crippen LogP contribution is -2.07. The zero-order chi connectivity index (χ0) is 14.3. The molecule has 0 amide bonds. The Bertz CT molecular complexity index is 669. The molecule has 3 nitrogen and oxygen atoms in total. The van der Waals surface area contributed by atoms with Gasteiger partial charge in [-0.15, -0.1) is 0 Å². The number of benzene rings is 1. The summed E-state index contributed by atoms with van der Waals surface area (Å²) < 4.78 is 2.21. The summed E-state index contributed by atoms with van der Waals surface area (Å²) >= 11 is 0. The normalized spacial score (nSPS) is 14.9. The number of nitrogens with zero attached hydrogens (tertiary/aromatic N) is 2. The number of carbonyl (C=O) groups is 1. The van der Waals surface area contributed by atoms with Crippen molar-refractivity contribution in [2.45, 2.75) is 46.3 Å². The number of aromatic nitrogens is 1. The fraction of sp³-hybridized carbons (Fsp3) is 0.471. The topological polar surface area (TPSA) is 25.2 Å². The molecule has 2 heterocycles. The standard InChI is InChI=1S/C17H22N2O/c1-4-6-17(20)15-11-19(5-2)16-8-13-10-18(3)9-12(13)7-14(15)16/h7-8,11H,4-6,9-10H2,1-3H3. The third kappa shape index (κ3) is 2.06. The number of hydrogen-bond donors (Lipinski definition) is 0. The van der Waals surface area contributed by atoms with Crippen LogP contribution in [0.25, 0.3) is 10.9 Å². The number of aryl methyl sites for hydroxylation is 1. The fourth-order valence-corrected chi connectivity index (χ4v) is 3.20. The molecule has 1 aromatic carbocycles. The van der Waals surface area contributed by atoms with Crippen LogP contribution < -0.4 is 0 Å². The Morgan fingerprint density at radius 1 is 1.20 bits per heavy atom. The van der Waals surface area contributed by atoms with Crippen molar-refractivity contribution in [1.82, 2.24) is 9.47 Å². The average molecular weight is 270 g/mol. The minimum Gasteiger partial charge on any atom is -0.347 e. The fourth-order valence-electron chi connectivity index (χ4n) is 3.20. The molecule has 0 unspecified atom stereocenters. The Morgan fingerprint density at radius 3 is 2.55 bits per heavy atom. The van der Waals surface area contributed by atoms with E-state index in [9.17, 15) is 4.79 Å². The van der Waals surface area contributed by atoms with E-state index < -0.39 is 0 Å². The first kappa shape index (κ1) is 13.4. The van der Waals surface area contributed by atoms with Crippen LogP contribution in [0.5, 0.6) is 0 Å². The van der Waals surface area contributed by atoms with E-state index in [4.69, 9.17) is 0 Å². The van der Waals surface area contributed by atoms with Gasteiger partial charge in [0.15, 0.2) is 5.78 Å². The molecule has 0 radical (unpaired) electrons. The van der Waals surface area contributed by atoms with Gasteiger partial charge in [0, 0.05) is 48.7 Å². The molecule has 0 bridgehead atoms. The Labute approximate surface area is 120 Å². The second-order valence-electron chi connectivity index (χ2n) is 5.81. The summed E-state index contributed by atoms with van der Waals surface area (Å²) in [6, 6.07) is 4.52. The van der Waals surface area contributed by atoms with Gasteiger partial charge < -0.3 is 4.57 Å². The molecular weight excluding hydrogens is 248 g/mol. The first-order chi connectivity index (χ1) is 9.63. The van der Waals surface area contributed by atoms with E-state index in [1.807, 2.05) is 6.20 Å². The van der Waals surface area contributed by atoms with Crippen molar-refractivity contribution in [1.29, 1.82) is 0 Å². The molecule has 1 aromatic heterocycles. The second kappa shape index (κ2) is 5.06. The van der Waals surface area contributed by atoms with Crippen LogP contribution in [0.2, 0.25) is 0 Å². The first-order valence-corrected chi connectivity index (χ1v) is 7.50. The number of hydrogen-bond acceptors (Lipinski definition) is 2. The summed E-state index contributed by atoms with van der Waals surface area (Å²) in [5.41, 5.74) is 4.89. The van der Waals surface area contributed by atoms with Crippen LogP contribution in [0, 0.1) is 0 Å². The predicted molar refractivity (Wildman–Crippen MR) is 82.0 cm³/mol. The smallest absolute Gasteiger partial charge is 0.165 e. The van der Waals surface area contributed by atoms with Crippen molar-refractivity contribution in [3.8, 4) is 0 Å². The highest BCUT2D eigenvalue weighted by Gasteiger charge is 2.20. The summed E-state index contributed by atoms with van der Waals surface area (Å²) in [5.74, 6) is 0.274. The molecule has 1 aliphatic heterocycles. The molecule has 0 fully saturated rings. The molecule has 3 heteroatoms. The van der Waals surface area contributed by atoms with Gasteiger partial charge in [0.1, 0.15) is 0 Å². The van der Waals surface area contributed by atoms with Gasteiger partial charge in [-0.25, -0.2) is 0 Å². The van der Waals surface area contributed by atoms with Gasteiger partial charge in [-0.05, 0) is 43.7 Å². The first-order valence-electron chi connectivity index (χ1n) is 7.50. The highest BCUT2D eigenvalue weighted by Crippen LogP contribution is 2.30. The lowest BCUT2D eigenvalue weighted by molar-refractivity contribution is 0.0983. The van der Waals surface area contributed by atoms with Gasteiger partial charge in [0.25, 0.3) is 0 Å². The summed E-state index contributed by atoms with van der Waals surface area (Å²) in [6.45, 7) is 7.10. The van der Waals surface area contributed by atoms with Crippen LogP contribution in [0.1, 0.15) is 48.2 Å². The Kier molecular flexibility index (Phi) is 3.38. The summed E-state index contributed by atoms with van der Waals surface area (Å²) in [6.07, 6.45) is 3.59. The van der Waals surface area contributed by atoms with Gasteiger partial charge in [0.2, 0.25) is 0 Å². The number of carbonyl (C=O) groups excluding carboxylic acids is 1. The van der Waals surface area contributed by atoms with Crippen LogP contribution in [0.4, 0.5) is 0 Å². The van der Waals surface area contributed by atoms with E-state index in [-0.39, 0.29) is 5.78 Å². The Hall–Kier alpha value is -1.61. The largest absolute Gasteiger partial charge is 0.347 e. The minimum atomic E-state index is 0.274. The SMILES string of the molecule is CCCC(=O)c1cn(CC)c2cc3c(cc12)CN(C)C3. The van der Waals surface area contributed by atoms with Crippen LogP contribution >= 0.6 is 0 Å². The molecule has 0 atom stereocenters. The van der Waals surface area contributed by atoms with Gasteiger partial charge >= 0.3 is 0 Å². The van der Waals surface area contributed by atoms with Crippen molar-refractivity contribution in [2.24, 2.45) is 0 Å². The maximum absolute atomic E-state index is 12.3. The molecule has 0 spiro atoms. The minimum absolute atomic E-state index is 0.274.